The van der Waals surface area contributed by atoms with Crippen LogP contribution >= 0.6 is 0 Å². The number of aromatic nitrogens is 2. The van der Waals surface area contributed by atoms with Crippen LogP contribution in [0.5, 0.6) is 0 Å². The van der Waals surface area contributed by atoms with Crippen molar-refractivity contribution >= 4 is 0 Å². The van der Waals surface area contributed by atoms with E-state index in [0.717, 1.165) is 50.6 Å². The molecule has 2 heterocycles. The number of hydrogen-bond acceptors (Lipinski definition) is 5. The third-order valence-electron chi connectivity index (χ3n) is 3.68. The smallest absolute Gasteiger partial charge is 0.240 e. The SMILES string of the molecule is CCCCc1noc(CN2CCC(C(C)N)C2)n1. The zero-order valence-electron chi connectivity index (χ0n) is 11.4. The lowest BCUT2D eigenvalue weighted by molar-refractivity contribution is 0.256. The lowest BCUT2D eigenvalue weighted by Crippen LogP contribution is -2.29. The Morgan fingerprint density at radius 3 is 3.06 bits per heavy atom. The van der Waals surface area contributed by atoms with Crippen molar-refractivity contribution in [3.05, 3.63) is 11.7 Å². The molecule has 0 radical (unpaired) electrons. The topological polar surface area (TPSA) is 68.2 Å². The average molecular weight is 252 g/mol. The van der Waals surface area contributed by atoms with Gasteiger partial charge >= 0.3 is 0 Å². The van der Waals surface area contributed by atoms with Gasteiger partial charge < -0.3 is 10.3 Å². The minimum Gasteiger partial charge on any atom is -0.338 e. The summed E-state index contributed by atoms with van der Waals surface area (Å²) in [6.45, 7) is 7.15. The Hall–Kier alpha value is -0.940. The van der Waals surface area contributed by atoms with Gasteiger partial charge in [-0.1, -0.05) is 18.5 Å². The first kappa shape index (κ1) is 13.5. The van der Waals surface area contributed by atoms with Crippen LogP contribution in [0.2, 0.25) is 0 Å². The third-order valence-corrected chi connectivity index (χ3v) is 3.68. The van der Waals surface area contributed by atoms with Crippen LogP contribution in [0.1, 0.15) is 44.8 Å². The summed E-state index contributed by atoms with van der Waals surface area (Å²) < 4.78 is 5.29. The first-order valence-electron chi connectivity index (χ1n) is 6.98. The van der Waals surface area contributed by atoms with Crippen LogP contribution in [-0.2, 0) is 13.0 Å². The van der Waals surface area contributed by atoms with Crippen molar-refractivity contribution in [3.63, 3.8) is 0 Å². The van der Waals surface area contributed by atoms with E-state index in [1.807, 2.05) is 0 Å². The second-order valence-corrected chi connectivity index (χ2v) is 5.35. The van der Waals surface area contributed by atoms with Gasteiger partial charge in [0.1, 0.15) is 0 Å². The van der Waals surface area contributed by atoms with Gasteiger partial charge in [0.15, 0.2) is 5.82 Å². The van der Waals surface area contributed by atoms with Gasteiger partial charge in [0.2, 0.25) is 5.89 Å². The van der Waals surface area contributed by atoms with E-state index in [0.29, 0.717) is 5.92 Å². The van der Waals surface area contributed by atoms with Gasteiger partial charge in [-0.05, 0) is 32.2 Å². The van der Waals surface area contributed by atoms with Gasteiger partial charge in [0.25, 0.3) is 0 Å². The first-order chi connectivity index (χ1) is 8.69. The number of hydrogen-bond donors (Lipinski definition) is 1. The average Bonchev–Trinajstić information content (AvgIpc) is 2.96. The van der Waals surface area contributed by atoms with Crippen LogP contribution < -0.4 is 5.73 Å². The molecule has 2 unspecified atom stereocenters. The lowest BCUT2D eigenvalue weighted by Gasteiger charge is -2.15. The van der Waals surface area contributed by atoms with Crippen molar-refractivity contribution < 1.29 is 4.52 Å². The largest absolute Gasteiger partial charge is 0.338 e. The van der Waals surface area contributed by atoms with Crippen LogP contribution in [0.25, 0.3) is 0 Å². The summed E-state index contributed by atoms with van der Waals surface area (Å²) in [5.74, 6) is 2.19. The van der Waals surface area contributed by atoms with E-state index in [1.165, 1.54) is 6.42 Å². The molecule has 0 aromatic carbocycles. The monoisotopic (exact) mass is 252 g/mol. The zero-order chi connectivity index (χ0) is 13.0. The van der Waals surface area contributed by atoms with E-state index < -0.39 is 0 Å². The molecule has 5 nitrogen and oxygen atoms in total. The van der Waals surface area contributed by atoms with Crippen molar-refractivity contribution in [2.75, 3.05) is 13.1 Å². The Balaban J connectivity index is 1.81. The fourth-order valence-electron chi connectivity index (χ4n) is 2.42. The molecule has 1 aliphatic rings. The Labute approximate surface area is 109 Å². The Kier molecular flexibility index (Phi) is 4.72. The first-order valence-corrected chi connectivity index (χ1v) is 6.98. The van der Waals surface area contributed by atoms with Crippen molar-refractivity contribution in [3.8, 4) is 0 Å². The second kappa shape index (κ2) is 6.29. The highest BCUT2D eigenvalue weighted by Crippen LogP contribution is 2.20. The standard InChI is InChI=1S/C13H24N4O/c1-3-4-5-12-15-13(18-16-12)9-17-7-6-11(8-17)10(2)14/h10-11H,3-9,14H2,1-2H3. The van der Waals surface area contributed by atoms with Crippen LogP contribution in [0.4, 0.5) is 0 Å². The van der Waals surface area contributed by atoms with Gasteiger partial charge in [0.05, 0.1) is 6.54 Å². The summed E-state index contributed by atoms with van der Waals surface area (Å²) >= 11 is 0. The maximum Gasteiger partial charge on any atom is 0.240 e. The number of aryl methyl sites for hydroxylation is 1. The Bertz CT molecular complexity index is 364. The third kappa shape index (κ3) is 3.53. The molecule has 0 aliphatic carbocycles. The van der Waals surface area contributed by atoms with Crippen LogP contribution in [0, 0.1) is 5.92 Å². The van der Waals surface area contributed by atoms with Crippen molar-refractivity contribution in [1.29, 1.82) is 0 Å². The van der Waals surface area contributed by atoms with Crippen molar-refractivity contribution in [2.45, 2.75) is 52.1 Å². The molecule has 5 heteroatoms. The van der Waals surface area contributed by atoms with E-state index in [9.17, 15) is 0 Å². The number of nitrogens with zero attached hydrogens (tertiary/aromatic N) is 3. The fraction of sp³-hybridized carbons (Fsp3) is 0.846. The quantitative estimate of drug-likeness (QED) is 0.832. The molecule has 2 rings (SSSR count). The molecule has 1 aromatic heterocycles. The number of likely N-dealkylation sites (tertiary alicyclic amines) is 1. The van der Waals surface area contributed by atoms with Gasteiger partial charge in [-0.25, -0.2) is 0 Å². The highest BCUT2D eigenvalue weighted by molar-refractivity contribution is 4.89. The molecule has 1 aliphatic heterocycles. The van der Waals surface area contributed by atoms with E-state index in [4.69, 9.17) is 10.3 Å². The second-order valence-electron chi connectivity index (χ2n) is 5.35. The summed E-state index contributed by atoms with van der Waals surface area (Å²) in [6, 6.07) is 0.276. The summed E-state index contributed by atoms with van der Waals surface area (Å²) in [6.07, 6.45) is 4.37. The highest BCUT2D eigenvalue weighted by Gasteiger charge is 2.26. The van der Waals surface area contributed by atoms with Gasteiger partial charge in [0, 0.05) is 19.0 Å². The zero-order valence-corrected chi connectivity index (χ0v) is 11.4. The van der Waals surface area contributed by atoms with Gasteiger partial charge in [-0.2, -0.15) is 4.98 Å². The molecule has 0 amide bonds. The number of nitrogens with two attached hydrogens (primary N) is 1. The number of rotatable bonds is 6. The van der Waals surface area contributed by atoms with Crippen molar-refractivity contribution in [2.24, 2.45) is 11.7 Å². The predicted octanol–water partition coefficient (Wildman–Crippen LogP) is 1.58. The number of unbranched alkanes of at least 4 members (excludes halogenated alkanes) is 1. The van der Waals surface area contributed by atoms with E-state index in [2.05, 4.69) is 28.9 Å². The molecule has 1 aromatic rings. The van der Waals surface area contributed by atoms with Gasteiger partial charge in [-0.3, -0.25) is 4.90 Å². The molecular weight excluding hydrogens is 228 g/mol. The molecule has 0 spiro atoms. The van der Waals surface area contributed by atoms with Crippen LogP contribution in [-0.4, -0.2) is 34.2 Å². The lowest BCUT2D eigenvalue weighted by atomic mass is 10.0. The summed E-state index contributed by atoms with van der Waals surface area (Å²) in [7, 11) is 0. The molecule has 0 bridgehead atoms. The molecule has 18 heavy (non-hydrogen) atoms. The van der Waals surface area contributed by atoms with Gasteiger partial charge in [-0.15, -0.1) is 0 Å². The van der Waals surface area contributed by atoms with E-state index in [1.54, 1.807) is 0 Å². The highest BCUT2D eigenvalue weighted by atomic mass is 16.5. The molecule has 1 fully saturated rings. The molecule has 2 atom stereocenters. The van der Waals surface area contributed by atoms with Crippen LogP contribution in [0.3, 0.4) is 0 Å². The molecule has 102 valence electrons. The Morgan fingerprint density at radius 2 is 2.39 bits per heavy atom. The Morgan fingerprint density at radius 1 is 1.56 bits per heavy atom. The maximum absolute atomic E-state index is 5.93. The molecule has 0 saturated carbocycles. The minimum absolute atomic E-state index is 0.276. The molecule has 1 saturated heterocycles. The fourth-order valence-corrected chi connectivity index (χ4v) is 2.42. The summed E-state index contributed by atoms with van der Waals surface area (Å²) in [5, 5.41) is 4.01. The predicted molar refractivity (Wildman–Crippen MR) is 69.9 cm³/mol. The maximum atomic E-state index is 5.93. The normalized spacial score (nSPS) is 22.5. The summed E-state index contributed by atoms with van der Waals surface area (Å²) in [4.78, 5) is 6.78. The van der Waals surface area contributed by atoms with Crippen LogP contribution in [0.15, 0.2) is 4.52 Å². The molecule has 2 N–H and O–H groups in total. The minimum atomic E-state index is 0.276. The summed E-state index contributed by atoms with van der Waals surface area (Å²) in [5.41, 5.74) is 5.93. The molecular formula is C13H24N4O. The van der Waals surface area contributed by atoms with E-state index >= 15 is 0 Å². The van der Waals surface area contributed by atoms with E-state index in [-0.39, 0.29) is 6.04 Å². The van der Waals surface area contributed by atoms with Crippen molar-refractivity contribution in [1.82, 2.24) is 15.0 Å².